The summed E-state index contributed by atoms with van der Waals surface area (Å²) in [6.07, 6.45) is 2.88. The first-order chi connectivity index (χ1) is 13.3. The summed E-state index contributed by atoms with van der Waals surface area (Å²) in [5.74, 6) is -0.427. The predicted octanol–water partition coefficient (Wildman–Crippen LogP) is 2.88. The molecule has 154 valence electrons. The largest absolute Gasteiger partial charge is 0.481 e. The second-order valence-corrected chi connectivity index (χ2v) is 9.57. The average molecular weight is 407 g/mol. The standard InChI is InChI=1S/C21H30N2O4S/c1-15(2)20(27)23-12-16-11-22(13-21(16,14-23)9-8-19(25)26)18(24)7-3-5-17-6-4-10-28-17/h4,6,10,15-16H,3,5,7-9,11-14H2,1-2H3,(H,25,26)/t16-,21+/m0/s1. The normalized spacial score (nSPS) is 24.0. The molecule has 1 aromatic rings. The van der Waals surface area contributed by atoms with E-state index in [1.54, 1.807) is 11.3 Å². The zero-order valence-electron chi connectivity index (χ0n) is 16.7. The minimum absolute atomic E-state index is 0.0645. The van der Waals surface area contributed by atoms with Gasteiger partial charge in [0.15, 0.2) is 0 Å². The second kappa shape index (κ2) is 8.64. The van der Waals surface area contributed by atoms with Gasteiger partial charge in [0, 0.05) is 61.1 Å². The Morgan fingerprint density at radius 1 is 1.21 bits per heavy atom. The first kappa shape index (κ1) is 20.8. The number of thiophene rings is 1. The summed E-state index contributed by atoms with van der Waals surface area (Å²) in [7, 11) is 0. The minimum atomic E-state index is -0.817. The number of nitrogens with zero attached hydrogens (tertiary/aromatic N) is 2. The van der Waals surface area contributed by atoms with E-state index in [0.717, 1.165) is 12.8 Å². The van der Waals surface area contributed by atoms with Crippen LogP contribution in [0.4, 0.5) is 0 Å². The van der Waals surface area contributed by atoms with Crippen LogP contribution >= 0.6 is 11.3 Å². The highest BCUT2D eigenvalue weighted by Crippen LogP contribution is 2.46. The summed E-state index contributed by atoms with van der Waals surface area (Å²) in [4.78, 5) is 41.5. The lowest BCUT2D eigenvalue weighted by atomic mass is 9.77. The van der Waals surface area contributed by atoms with Gasteiger partial charge in [-0.25, -0.2) is 0 Å². The van der Waals surface area contributed by atoms with E-state index in [9.17, 15) is 19.5 Å². The van der Waals surface area contributed by atoms with Crippen LogP contribution in [0.1, 0.15) is 44.4 Å². The van der Waals surface area contributed by atoms with Crippen LogP contribution in [0.15, 0.2) is 17.5 Å². The lowest BCUT2D eigenvalue weighted by Crippen LogP contribution is -2.40. The molecule has 2 amide bonds. The highest BCUT2D eigenvalue weighted by Gasteiger charge is 2.54. The van der Waals surface area contributed by atoms with Gasteiger partial charge in [-0.2, -0.15) is 0 Å². The lowest BCUT2D eigenvalue weighted by molar-refractivity contribution is -0.137. The molecule has 6 nitrogen and oxygen atoms in total. The van der Waals surface area contributed by atoms with Gasteiger partial charge in [-0.15, -0.1) is 11.3 Å². The maximum atomic E-state index is 12.7. The summed E-state index contributed by atoms with van der Waals surface area (Å²) in [5.41, 5.74) is -0.271. The molecule has 0 spiro atoms. The molecule has 3 heterocycles. The Morgan fingerprint density at radius 2 is 1.93 bits per heavy atom. The quantitative estimate of drug-likeness (QED) is 0.720. The molecule has 0 radical (unpaired) electrons. The molecule has 0 aliphatic carbocycles. The fourth-order valence-corrected chi connectivity index (χ4v) is 5.39. The molecule has 2 aliphatic heterocycles. The molecule has 2 atom stereocenters. The van der Waals surface area contributed by atoms with Gasteiger partial charge in [-0.05, 0) is 30.7 Å². The first-order valence-corrected chi connectivity index (χ1v) is 11.0. The molecule has 0 bridgehead atoms. The van der Waals surface area contributed by atoms with E-state index >= 15 is 0 Å². The van der Waals surface area contributed by atoms with Crippen LogP contribution in [0.2, 0.25) is 0 Å². The zero-order chi connectivity index (χ0) is 20.3. The zero-order valence-corrected chi connectivity index (χ0v) is 17.5. The molecule has 2 fully saturated rings. The Morgan fingerprint density at radius 3 is 2.57 bits per heavy atom. The Kier molecular flexibility index (Phi) is 6.43. The maximum absolute atomic E-state index is 12.7. The fraction of sp³-hybridized carbons (Fsp3) is 0.667. The van der Waals surface area contributed by atoms with E-state index in [-0.39, 0.29) is 35.5 Å². The number of rotatable bonds is 8. The number of aryl methyl sites for hydroxylation is 1. The van der Waals surface area contributed by atoms with Crippen LogP contribution in [0.5, 0.6) is 0 Å². The number of amides is 2. The number of carbonyl (C=O) groups is 3. The van der Waals surface area contributed by atoms with E-state index in [0.29, 0.717) is 39.0 Å². The molecule has 7 heteroatoms. The highest BCUT2D eigenvalue weighted by molar-refractivity contribution is 7.09. The molecular weight excluding hydrogens is 376 g/mol. The van der Waals surface area contributed by atoms with Crippen LogP contribution in [0.3, 0.4) is 0 Å². The highest BCUT2D eigenvalue weighted by atomic mass is 32.1. The Hall–Kier alpha value is -1.89. The number of carboxylic acids is 1. The van der Waals surface area contributed by atoms with E-state index in [4.69, 9.17) is 0 Å². The summed E-state index contributed by atoms with van der Waals surface area (Å²) in [5, 5.41) is 11.2. The first-order valence-electron chi connectivity index (χ1n) is 10.1. The van der Waals surface area contributed by atoms with Crippen molar-refractivity contribution < 1.29 is 19.5 Å². The third kappa shape index (κ3) is 4.57. The summed E-state index contributed by atoms with van der Waals surface area (Å²) >= 11 is 1.72. The van der Waals surface area contributed by atoms with Crippen LogP contribution in [0, 0.1) is 17.3 Å². The van der Waals surface area contributed by atoms with Gasteiger partial charge in [-0.3, -0.25) is 14.4 Å². The Bertz CT molecular complexity index is 718. The summed E-state index contributed by atoms with van der Waals surface area (Å²) in [6, 6.07) is 4.12. The smallest absolute Gasteiger partial charge is 0.303 e. The van der Waals surface area contributed by atoms with Crippen molar-refractivity contribution in [2.24, 2.45) is 17.3 Å². The van der Waals surface area contributed by atoms with Gasteiger partial charge in [0.2, 0.25) is 11.8 Å². The van der Waals surface area contributed by atoms with E-state index in [1.165, 1.54) is 4.88 Å². The number of hydrogen-bond acceptors (Lipinski definition) is 4. The number of aliphatic carboxylic acids is 1. The van der Waals surface area contributed by atoms with Gasteiger partial charge >= 0.3 is 5.97 Å². The van der Waals surface area contributed by atoms with Crippen molar-refractivity contribution in [1.82, 2.24) is 9.80 Å². The van der Waals surface area contributed by atoms with E-state index in [1.807, 2.05) is 29.7 Å². The van der Waals surface area contributed by atoms with Gasteiger partial charge in [0.1, 0.15) is 0 Å². The van der Waals surface area contributed by atoms with Crippen molar-refractivity contribution in [2.75, 3.05) is 26.2 Å². The predicted molar refractivity (Wildman–Crippen MR) is 108 cm³/mol. The van der Waals surface area contributed by atoms with Crippen molar-refractivity contribution in [3.63, 3.8) is 0 Å². The SMILES string of the molecule is CC(C)C(=O)N1C[C@@H]2CN(C(=O)CCCc3cccs3)C[C@]2(CCC(=O)O)C1. The van der Waals surface area contributed by atoms with Crippen LogP contribution in [-0.4, -0.2) is 58.9 Å². The van der Waals surface area contributed by atoms with Crippen LogP contribution in [-0.2, 0) is 20.8 Å². The molecule has 1 aromatic heterocycles. The number of carboxylic acid groups (broad SMARTS) is 1. The molecule has 1 N–H and O–H groups in total. The van der Waals surface area contributed by atoms with Crippen molar-refractivity contribution >= 4 is 29.1 Å². The number of hydrogen-bond donors (Lipinski definition) is 1. The number of carbonyl (C=O) groups excluding carboxylic acids is 2. The molecule has 2 saturated heterocycles. The second-order valence-electron chi connectivity index (χ2n) is 8.53. The lowest BCUT2D eigenvalue weighted by Gasteiger charge is -2.29. The molecule has 2 aliphatic rings. The van der Waals surface area contributed by atoms with Crippen molar-refractivity contribution in [2.45, 2.75) is 46.0 Å². The van der Waals surface area contributed by atoms with E-state index in [2.05, 4.69) is 11.4 Å². The average Bonchev–Trinajstić information content (AvgIpc) is 3.33. The van der Waals surface area contributed by atoms with Crippen molar-refractivity contribution in [3.05, 3.63) is 22.4 Å². The third-order valence-corrected chi connectivity index (χ3v) is 7.08. The molecule has 28 heavy (non-hydrogen) atoms. The van der Waals surface area contributed by atoms with Gasteiger partial charge in [0.25, 0.3) is 0 Å². The minimum Gasteiger partial charge on any atom is -0.481 e. The monoisotopic (exact) mass is 406 g/mol. The van der Waals surface area contributed by atoms with E-state index < -0.39 is 5.97 Å². The van der Waals surface area contributed by atoms with Crippen molar-refractivity contribution in [1.29, 1.82) is 0 Å². The summed E-state index contributed by atoms with van der Waals surface area (Å²) in [6.45, 7) is 6.20. The molecule has 0 saturated carbocycles. The van der Waals surface area contributed by atoms with Gasteiger partial charge in [0.05, 0.1) is 0 Å². The third-order valence-electron chi connectivity index (χ3n) is 6.15. The van der Waals surface area contributed by atoms with Crippen LogP contribution in [0.25, 0.3) is 0 Å². The molecule has 0 aromatic carbocycles. The Labute approximate surface area is 170 Å². The summed E-state index contributed by atoms with van der Waals surface area (Å²) < 4.78 is 0. The molecular formula is C21H30N2O4S. The van der Waals surface area contributed by atoms with Crippen molar-refractivity contribution in [3.8, 4) is 0 Å². The molecule has 3 rings (SSSR count). The Balaban J connectivity index is 1.61. The number of fused-ring (bicyclic) bond motifs is 1. The number of likely N-dealkylation sites (tertiary alicyclic amines) is 2. The fourth-order valence-electron chi connectivity index (χ4n) is 4.64. The van der Waals surface area contributed by atoms with Gasteiger partial charge in [-0.1, -0.05) is 19.9 Å². The van der Waals surface area contributed by atoms with Crippen LogP contribution < -0.4 is 0 Å². The topological polar surface area (TPSA) is 77.9 Å². The van der Waals surface area contributed by atoms with Gasteiger partial charge < -0.3 is 14.9 Å². The molecule has 0 unspecified atom stereocenters. The maximum Gasteiger partial charge on any atom is 0.303 e.